The molecule has 4 heterocycles. The predicted molar refractivity (Wildman–Crippen MR) is 82.4 cm³/mol. The number of hydrogen-bond donors (Lipinski definition) is 3. The monoisotopic (exact) mass is 313 g/mol. The van der Waals surface area contributed by atoms with Gasteiger partial charge in [0.25, 0.3) is 0 Å². The number of nitrogens with zero attached hydrogens (tertiary/aromatic N) is 2. The molecule has 1 fully saturated rings. The molecule has 7 nitrogen and oxygen atoms in total. The van der Waals surface area contributed by atoms with E-state index in [0.29, 0.717) is 5.13 Å². The Hall–Kier alpha value is -2.74. The number of carbonyl (C=O) groups excluding carboxylic acids is 2. The average molecular weight is 313 g/mol. The molecular weight excluding hydrogens is 302 g/mol. The fraction of sp³-hybridized carbons (Fsp3) is 0.143. The Bertz CT molecular complexity index is 876. The lowest BCUT2D eigenvalue weighted by atomic mass is 10.1. The molecule has 2 amide bonds. The van der Waals surface area contributed by atoms with Gasteiger partial charge in [0, 0.05) is 28.7 Å². The first kappa shape index (κ1) is 13.0. The van der Waals surface area contributed by atoms with Crippen LogP contribution in [0, 0.1) is 0 Å². The lowest BCUT2D eigenvalue weighted by molar-refractivity contribution is -0.134. The van der Waals surface area contributed by atoms with Crippen LogP contribution in [-0.2, 0) is 9.59 Å². The van der Waals surface area contributed by atoms with E-state index in [2.05, 4.69) is 25.6 Å². The van der Waals surface area contributed by atoms with E-state index in [1.54, 1.807) is 6.20 Å². The molecule has 3 aromatic rings. The number of anilines is 1. The van der Waals surface area contributed by atoms with E-state index in [9.17, 15) is 9.59 Å². The lowest BCUT2D eigenvalue weighted by Gasteiger charge is -2.24. The zero-order valence-corrected chi connectivity index (χ0v) is 12.1. The van der Waals surface area contributed by atoms with Gasteiger partial charge in [0.1, 0.15) is 11.7 Å². The van der Waals surface area contributed by atoms with Crippen molar-refractivity contribution in [1.82, 2.24) is 20.3 Å². The molecule has 22 heavy (non-hydrogen) atoms. The normalized spacial score (nSPS) is 17.1. The van der Waals surface area contributed by atoms with E-state index < -0.39 is 6.04 Å². The fourth-order valence-electron chi connectivity index (χ4n) is 2.33. The number of pyridine rings is 1. The van der Waals surface area contributed by atoms with Crippen LogP contribution in [0.3, 0.4) is 0 Å². The van der Waals surface area contributed by atoms with Gasteiger partial charge in [-0.3, -0.25) is 9.59 Å². The fourth-order valence-corrected chi connectivity index (χ4v) is 3.05. The molecule has 1 saturated heterocycles. The smallest absolute Gasteiger partial charge is 0.249 e. The number of hydrogen-bond acceptors (Lipinski definition) is 5. The van der Waals surface area contributed by atoms with Crippen molar-refractivity contribution in [3.8, 4) is 11.3 Å². The minimum absolute atomic E-state index is 0.105. The van der Waals surface area contributed by atoms with Gasteiger partial charge in [0.05, 0.1) is 12.1 Å². The predicted octanol–water partition coefficient (Wildman–Crippen LogP) is 1.51. The van der Waals surface area contributed by atoms with Crippen LogP contribution in [0.2, 0.25) is 0 Å². The van der Waals surface area contributed by atoms with E-state index in [-0.39, 0.29) is 18.2 Å². The first-order valence-electron chi connectivity index (χ1n) is 6.69. The van der Waals surface area contributed by atoms with Gasteiger partial charge in [-0.15, -0.1) is 11.3 Å². The van der Waals surface area contributed by atoms with Gasteiger partial charge in [-0.2, -0.15) is 0 Å². The molecule has 3 N–H and O–H groups in total. The summed E-state index contributed by atoms with van der Waals surface area (Å²) in [6.07, 6.45) is 3.81. The molecule has 1 atom stereocenters. The first-order valence-corrected chi connectivity index (χ1v) is 7.57. The number of aromatic nitrogens is 3. The summed E-state index contributed by atoms with van der Waals surface area (Å²) in [5.41, 5.74) is 2.52. The van der Waals surface area contributed by atoms with Gasteiger partial charge in [-0.25, -0.2) is 9.97 Å². The molecule has 8 heteroatoms. The van der Waals surface area contributed by atoms with Crippen molar-refractivity contribution in [2.75, 3.05) is 5.32 Å². The minimum Gasteiger partial charge on any atom is -0.345 e. The SMILES string of the molecule is O=C1CC(C(=O)Nc2nc(-c3c[nH]c4ncccc34)cs2)N1. The largest absolute Gasteiger partial charge is 0.345 e. The number of H-pyrrole nitrogens is 1. The lowest BCUT2D eigenvalue weighted by Crippen LogP contribution is -2.55. The van der Waals surface area contributed by atoms with E-state index in [1.165, 1.54) is 11.3 Å². The summed E-state index contributed by atoms with van der Waals surface area (Å²) in [4.78, 5) is 34.5. The number of thiazole rings is 1. The molecule has 1 aliphatic rings. The summed E-state index contributed by atoms with van der Waals surface area (Å²) < 4.78 is 0. The van der Waals surface area contributed by atoms with E-state index in [0.717, 1.165) is 22.3 Å². The molecule has 0 bridgehead atoms. The maximum Gasteiger partial charge on any atom is 0.249 e. The van der Waals surface area contributed by atoms with Crippen LogP contribution in [-0.4, -0.2) is 32.8 Å². The second-order valence-electron chi connectivity index (χ2n) is 4.95. The van der Waals surface area contributed by atoms with Crippen LogP contribution in [0.25, 0.3) is 22.3 Å². The third kappa shape index (κ3) is 2.13. The Morgan fingerprint density at radius 1 is 1.45 bits per heavy atom. The highest BCUT2D eigenvalue weighted by Gasteiger charge is 2.32. The Kier molecular flexibility index (Phi) is 2.90. The molecule has 0 spiro atoms. The number of aromatic amines is 1. The van der Waals surface area contributed by atoms with Crippen LogP contribution < -0.4 is 10.6 Å². The van der Waals surface area contributed by atoms with Crippen molar-refractivity contribution in [1.29, 1.82) is 0 Å². The van der Waals surface area contributed by atoms with Crippen molar-refractivity contribution in [2.24, 2.45) is 0 Å². The minimum atomic E-state index is -0.447. The third-order valence-corrected chi connectivity index (χ3v) is 4.26. The highest BCUT2D eigenvalue weighted by molar-refractivity contribution is 7.14. The summed E-state index contributed by atoms with van der Waals surface area (Å²) in [5, 5.41) is 8.63. The van der Waals surface area contributed by atoms with Crippen molar-refractivity contribution in [2.45, 2.75) is 12.5 Å². The van der Waals surface area contributed by atoms with Gasteiger partial charge < -0.3 is 15.6 Å². The van der Waals surface area contributed by atoms with Crippen LogP contribution in [0.15, 0.2) is 29.9 Å². The maximum absolute atomic E-state index is 11.9. The Morgan fingerprint density at radius 2 is 2.32 bits per heavy atom. The summed E-state index contributed by atoms with van der Waals surface area (Å²) in [6.45, 7) is 0. The second-order valence-corrected chi connectivity index (χ2v) is 5.81. The highest BCUT2D eigenvalue weighted by atomic mass is 32.1. The molecule has 1 aliphatic heterocycles. The number of nitrogens with one attached hydrogen (secondary N) is 3. The Morgan fingerprint density at radius 3 is 3.14 bits per heavy atom. The molecule has 0 saturated carbocycles. The molecule has 110 valence electrons. The van der Waals surface area contributed by atoms with Crippen LogP contribution >= 0.6 is 11.3 Å². The quantitative estimate of drug-likeness (QED) is 0.638. The molecule has 0 aromatic carbocycles. The van der Waals surface area contributed by atoms with Crippen LogP contribution in [0.5, 0.6) is 0 Å². The van der Waals surface area contributed by atoms with Crippen molar-refractivity contribution < 1.29 is 9.59 Å². The van der Waals surface area contributed by atoms with Gasteiger partial charge >= 0.3 is 0 Å². The maximum atomic E-state index is 11.9. The second kappa shape index (κ2) is 4.92. The zero-order chi connectivity index (χ0) is 15.1. The Balaban J connectivity index is 1.56. The third-order valence-electron chi connectivity index (χ3n) is 3.50. The Labute approximate surface area is 128 Å². The van der Waals surface area contributed by atoms with E-state index in [4.69, 9.17) is 0 Å². The summed E-state index contributed by atoms with van der Waals surface area (Å²) in [7, 11) is 0. The van der Waals surface area contributed by atoms with Gasteiger partial charge in [-0.1, -0.05) is 0 Å². The van der Waals surface area contributed by atoms with Gasteiger partial charge in [0.2, 0.25) is 11.8 Å². The van der Waals surface area contributed by atoms with Crippen LogP contribution in [0.4, 0.5) is 5.13 Å². The summed E-state index contributed by atoms with van der Waals surface area (Å²) in [6, 6.07) is 3.39. The number of rotatable bonds is 3. The molecule has 1 unspecified atom stereocenters. The number of β-lactam (4-membered cyclic amide) rings is 1. The first-order chi connectivity index (χ1) is 10.7. The number of amides is 2. The zero-order valence-electron chi connectivity index (χ0n) is 11.3. The number of carbonyl (C=O) groups is 2. The molecule has 4 rings (SSSR count). The summed E-state index contributed by atoms with van der Waals surface area (Å²) >= 11 is 1.35. The van der Waals surface area contributed by atoms with Crippen LogP contribution in [0.1, 0.15) is 6.42 Å². The van der Waals surface area contributed by atoms with Crippen molar-refractivity contribution in [3.63, 3.8) is 0 Å². The topological polar surface area (TPSA) is 99.8 Å². The summed E-state index contributed by atoms with van der Waals surface area (Å²) in [5.74, 6) is -0.340. The van der Waals surface area contributed by atoms with E-state index >= 15 is 0 Å². The van der Waals surface area contributed by atoms with Gasteiger partial charge in [-0.05, 0) is 12.1 Å². The highest BCUT2D eigenvalue weighted by Crippen LogP contribution is 2.30. The molecule has 3 aromatic heterocycles. The van der Waals surface area contributed by atoms with E-state index in [1.807, 2.05) is 23.7 Å². The van der Waals surface area contributed by atoms with Crippen molar-refractivity contribution >= 4 is 39.3 Å². The standard InChI is InChI=1S/C14H11N5O2S/c20-11-4-9(17-11)13(21)19-14-18-10(6-22-14)8-5-16-12-7(8)2-1-3-15-12/h1-3,5-6,9H,4H2,(H,15,16)(H,17,20)(H,18,19,21). The molecule has 0 aliphatic carbocycles. The molecular formula is C14H11N5O2S. The number of fused-ring (bicyclic) bond motifs is 1. The average Bonchev–Trinajstić information content (AvgIpc) is 3.10. The van der Waals surface area contributed by atoms with Gasteiger partial charge in [0.15, 0.2) is 5.13 Å². The molecule has 0 radical (unpaired) electrons. The van der Waals surface area contributed by atoms with Crippen molar-refractivity contribution in [3.05, 3.63) is 29.9 Å².